The third kappa shape index (κ3) is 3.50. The lowest BCUT2D eigenvalue weighted by atomic mass is 9.49. The van der Waals surface area contributed by atoms with E-state index in [0.29, 0.717) is 30.1 Å². The van der Waals surface area contributed by atoms with Crippen LogP contribution in [0.2, 0.25) is 0 Å². The first-order chi connectivity index (χ1) is 16.5. The number of rotatable bonds is 4. The fourth-order valence-electron chi connectivity index (χ4n) is 8.29. The van der Waals surface area contributed by atoms with Crippen LogP contribution in [0.5, 0.6) is 0 Å². The molecule has 3 aliphatic carbocycles. The molecule has 0 unspecified atom stereocenters. The first kappa shape index (κ1) is 22.5. The standard InChI is InChI=1S/C29H39N3O2/c1-28-11-9-25-22(24(28)7-6-23(28)21-4-3-13-30-20-21)5-8-26-29(25,2)12-10-27(33)32(26)15-14-31-16-18-34-19-17-31/h3-4,6,8,13,20,22,24-25H,5,7,9-12,14-19H2,1-2H3/t22-,24-,25-,28+,29+/m0/s1. The Bertz CT molecular complexity index is 998. The predicted octanol–water partition coefficient (Wildman–Crippen LogP) is 4.77. The van der Waals surface area contributed by atoms with Crippen molar-refractivity contribution in [1.29, 1.82) is 0 Å². The minimum atomic E-state index is 0.125. The van der Waals surface area contributed by atoms with Crippen LogP contribution in [0.25, 0.3) is 5.57 Å². The van der Waals surface area contributed by atoms with Gasteiger partial charge in [-0.1, -0.05) is 32.1 Å². The molecule has 6 rings (SSSR count). The van der Waals surface area contributed by atoms with Gasteiger partial charge in [0.05, 0.1) is 13.2 Å². The van der Waals surface area contributed by atoms with E-state index in [4.69, 9.17) is 4.74 Å². The number of likely N-dealkylation sites (tertiary alicyclic amines) is 1. The maximum absolute atomic E-state index is 13.1. The molecule has 34 heavy (non-hydrogen) atoms. The van der Waals surface area contributed by atoms with E-state index in [1.165, 1.54) is 36.1 Å². The number of nitrogens with zero attached hydrogens (tertiary/aromatic N) is 3. The molecule has 3 fully saturated rings. The maximum Gasteiger partial charge on any atom is 0.226 e. The van der Waals surface area contributed by atoms with E-state index in [-0.39, 0.29) is 10.8 Å². The molecule has 1 aromatic rings. The molecule has 2 saturated heterocycles. The molecular weight excluding hydrogens is 422 g/mol. The Balaban J connectivity index is 1.24. The van der Waals surface area contributed by atoms with Crippen molar-refractivity contribution in [3.63, 3.8) is 0 Å². The van der Waals surface area contributed by atoms with Gasteiger partial charge in [0.1, 0.15) is 0 Å². The Hall–Kier alpha value is -1.98. The molecule has 5 nitrogen and oxygen atoms in total. The van der Waals surface area contributed by atoms with Gasteiger partial charge in [0.25, 0.3) is 0 Å². The summed E-state index contributed by atoms with van der Waals surface area (Å²) in [6.07, 6.45) is 15.4. The Kier molecular flexibility index (Phi) is 5.69. The maximum atomic E-state index is 13.1. The van der Waals surface area contributed by atoms with Crippen molar-refractivity contribution in [1.82, 2.24) is 14.8 Å². The van der Waals surface area contributed by atoms with Gasteiger partial charge in [-0.2, -0.15) is 0 Å². The molecule has 2 aliphatic heterocycles. The number of hydrogen-bond acceptors (Lipinski definition) is 4. The third-order valence-corrected chi connectivity index (χ3v) is 10.2. The van der Waals surface area contributed by atoms with Gasteiger partial charge in [-0.25, -0.2) is 0 Å². The zero-order valence-corrected chi connectivity index (χ0v) is 20.8. The van der Waals surface area contributed by atoms with Crippen LogP contribution in [-0.2, 0) is 9.53 Å². The molecule has 182 valence electrons. The second kappa shape index (κ2) is 8.60. The predicted molar refractivity (Wildman–Crippen MR) is 134 cm³/mol. The lowest BCUT2D eigenvalue weighted by molar-refractivity contribution is -0.137. The number of carbonyl (C=O) groups excluding carboxylic acids is 1. The Morgan fingerprint density at radius 3 is 2.71 bits per heavy atom. The molecule has 5 aliphatic rings. The van der Waals surface area contributed by atoms with Crippen molar-refractivity contribution < 1.29 is 9.53 Å². The number of amides is 1. The van der Waals surface area contributed by atoms with Crippen LogP contribution in [0, 0.1) is 28.6 Å². The lowest BCUT2D eigenvalue weighted by Crippen LogP contribution is -2.55. The molecule has 1 aromatic heterocycles. The zero-order valence-electron chi connectivity index (χ0n) is 20.8. The van der Waals surface area contributed by atoms with Gasteiger partial charge in [0.15, 0.2) is 0 Å². The van der Waals surface area contributed by atoms with E-state index >= 15 is 0 Å². The van der Waals surface area contributed by atoms with Gasteiger partial charge < -0.3 is 9.64 Å². The summed E-state index contributed by atoms with van der Waals surface area (Å²) in [5, 5.41) is 0. The molecule has 1 saturated carbocycles. The first-order valence-corrected chi connectivity index (χ1v) is 13.4. The van der Waals surface area contributed by atoms with E-state index in [1.807, 2.05) is 12.4 Å². The number of morpholine rings is 1. The summed E-state index contributed by atoms with van der Waals surface area (Å²) in [5.41, 5.74) is 4.55. The highest BCUT2D eigenvalue weighted by Crippen LogP contribution is 2.66. The highest BCUT2D eigenvalue weighted by molar-refractivity contribution is 5.80. The summed E-state index contributed by atoms with van der Waals surface area (Å²) in [4.78, 5) is 22.1. The molecule has 5 atom stereocenters. The van der Waals surface area contributed by atoms with Crippen LogP contribution in [-0.4, -0.2) is 60.1 Å². The van der Waals surface area contributed by atoms with Gasteiger partial charge in [0, 0.05) is 56.1 Å². The number of allylic oxidation sites excluding steroid dienone is 4. The second-order valence-electron chi connectivity index (χ2n) is 11.7. The summed E-state index contributed by atoms with van der Waals surface area (Å²) < 4.78 is 5.51. The minimum absolute atomic E-state index is 0.125. The molecular formula is C29H39N3O2. The molecule has 3 heterocycles. The molecule has 0 bridgehead atoms. The van der Waals surface area contributed by atoms with Crippen molar-refractivity contribution in [3.8, 4) is 0 Å². The Morgan fingerprint density at radius 1 is 1.06 bits per heavy atom. The molecule has 0 spiro atoms. The van der Waals surface area contributed by atoms with Crippen LogP contribution >= 0.6 is 0 Å². The number of carbonyl (C=O) groups is 1. The zero-order chi connectivity index (χ0) is 23.3. The highest BCUT2D eigenvalue weighted by atomic mass is 16.5. The summed E-state index contributed by atoms with van der Waals surface area (Å²) in [5.74, 6) is 2.39. The fraction of sp³-hybridized carbons (Fsp3) is 0.655. The van der Waals surface area contributed by atoms with Crippen molar-refractivity contribution >= 4 is 11.5 Å². The van der Waals surface area contributed by atoms with E-state index in [1.54, 1.807) is 0 Å². The van der Waals surface area contributed by atoms with E-state index in [0.717, 1.165) is 52.2 Å². The van der Waals surface area contributed by atoms with Crippen molar-refractivity contribution in [2.75, 3.05) is 39.4 Å². The number of pyridine rings is 1. The smallest absolute Gasteiger partial charge is 0.226 e. The SMILES string of the molecule is C[C@]12CCC(=O)N(CCN3CCOCC3)C1=CC[C@@H]1[C@@H]2CC[C@]2(C)C(c3cccnc3)=CC[C@@H]12. The summed E-state index contributed by atoms with van der Waals surface area (Å²) in [7, 11) is 0. The van der Waals surface area contributed by atoms with Gasteiger partial charge in [-0.05, 0) is 72.5 Å². The van der Waals surface area contributed by atoms with E-state index in [9.17, 15) is 4.79 Å². The van der Waals surface area contributed by atoms with Crippen LogP contribution < -0.4 is 0 Å². The Labute approximate surface area is 204 Å². The van der Waals surface area contributed by atoms with E-state index < -0.39 is 0 Å². The Morgan fingerprint density at radius 2 is 1.91 bits per heavy atom. The number of hydrogen-bond donors (Lipinski definition) is 0. The largest absolute Gasteiger partial charge is 0.379 e. The summed E-state index contributed by atoms with van der Waals surface area (Å²) >= 11 is 0. The molecule has 0 N–H and O–H groups in total. The van der Waals surface area contributed by atoms with Crippen molar-refractivity contribution in [3.05, 3.63) is 47.9 Å². The van der Waals surface area contributed by atoms with Crippen LogP contribution in [0.1, 0.15) is 57.9 Å². The average molecular weight is 462 g/mol. The average Bonchev–Trinajstić information content (AvgIpc) is 3.22. The van der Waals surface area contributed by atoms with Crippen molar-refractivity contribution in [2.45, 2.75) is 52.4 Å². The third-order valence-electron chi connectivity index (χ3n) is 10.2. The van der Waals surface area contributed by atoms with Gasteiger partial charge in [-0.15, -0.1) is 0 Å². The van der Waals surface area contributed by atoms with Crippen LogP contribution in [0.3, 0.4) is 0 Å². The van der Waals surface area contributed by atoms with Gasteiger partial charge >= 0.3 is 0 Å². The molecule has 0 aromatic carbocycles. The number of aromatic nitrogens is 1. The summed E-state index contributed by atoms with van der Waals surface area (Å²) in [6, 6.07) is 4.30. The molecule has 5 heteroatoms. The topological polar surface area (TPSA) is 45.7 Å². The monoisotopic (exact) mass is 461 g/mol. The number of fused-ring (bicyclic) bond motifs is 5. The van der Waals surface area contributed by atoms with Crippen LogP contribution in [0.15, 0.2) is 42.4 Å². The van der Waals surface area contributed by atoms with Crippen LogP contribution in [0.4, 0.5) is 0 Å². The summed E-state index contributed by atoms with van der Waals surface area (Å²) in [6.45, 7) is 10.4. The fourth-order valence-corrected chi connectivity index (χ4v) is 8.29. The second-order valence-corrected chi connectivity index (χ2v) is 11.7. The quantitative estimate of drug-likeness (QED) is 0.648. The number of ether oxygens (including phenoxy) is 1. The lowest BCUT2D eigenvalue weighted by Gasteiger charge is -2.58. The normalized spacial score (nSPS) is 38.0. The van der Waals surface area contributed by atoms with Gasteiger partial charge in [-0.3, -0.25) is 14.7 Å². The molecule has 0 radical (unpaired) electrons. The van der Waals surface area contributed by atoms with E-state index in [2.05, 4.69) is 52.9 Å². The minimum Gasteiger partial charge on any atom is -0.379 e. The van der Waals surface area contributed by atoms with Crippen molar-refractivity contribution in [2.24, 2.45) is 28.6 Å². The highest BCUT2D eigenvalue weighted by Gasteiger charge is 2.58. The number of piperidine rings is 1. The first-order valence-electron chi connectivity index (χ1n) is 13.4. The molecule has 1 amide bonds. The van der Waals surface area contributed by atoms with Gasteiger partial charge in [0.2, 0.25) is 5.91 Å².